The molecule has 0 saturated heterocycles. The van der Waals surface area contributed by atoms with Crippen LogP contribution in [0.2, 0.25) is 0 Å². The summed E-state index contributed by atoms with van der Waals surface area (Å²) in [5.74, 6) is 0. The fourth-order valence-electron chi connectivity index (χ4n) is 14.6. The highest BCUT2D eigenvalue weighted by atomic mass is 16.3. The molecule has 0 spiro atoms. The van der Waals surface area contributed by atoms with Gasteiger partial charge in [0.1, 0.15) is 11.2 Å². The van der Waals surface area contributed by atoms with Gasteiger partial charge in [-0.3, -0.25) is 0 Å². The van der Waals surface area contributed by atoms with E-state index in [0.29, 0.717) is 0 Å². The molecule has 0 N–H and O–H groups in total. The number of fused-ring (bicyclic) bond motifs is 5. The van der Waals surface area contributed by atoms with Gasteiger partial charge in [-0.25, -0.2) is 0 Å². The van der Waals surface area contributed by atoms with E-state index in [1.54, 1.807) is 0 Å². The van der Waals surface area contributed by atoms with E-state index >= 15 is 0 Å². The summed E-state index contributed by atoms with van der Waals surface area (Å²) in [5, 5.41) is 10.9. The third kappa shape index (κ3) is 8.76. The number of para-hydroxylation sites is 5. The average Bonchev–Trinajstić information content (AvgIpc) is 1.62. The Labute approximate surface area is 538 Å². The van der Waals surface area contributed by atoms with E-state index in [-0.39, 0.29) is 5.41 Å². The first kappa shape index (κ1) is 54.1. The predicted molar refractivity (Wildman–Crippen MR) is 391 cm³/mol. The first-order chi connectivity index (χ1) is 45.8. The largest absolute Gasteiger partial charge is 0.453 e. The van der Waals surface area contributed by atoms with Crippen molar-refractivity contribution in [3.63, 3.8) is 0 Å². The summed E-state index contributed by atoms with van der Waals surface area (Å²) >= 11 is 0. The molecule has 3 aromatic heterocycles. The Morgan fingerprint density at radius 2 is 0.634 bits per heavy atom. The lowest BCUT2D eigenvalue weighted by Crippen LogP contribution is -2.10. The minimum Gasteiger partial charge on any atom is -0.453 e. The van der Waals surface area contributed by atoms with Gasteiger partial charge in [0.2, 0.25) is 0 Å². The highest BCUT2D eigenvalue weighted by Crippen LogP contribution is 2.54. The number of aromatic nitrogens is 1. The van der Waals surface area contributed by atoms with Crippen molar-refractivity contribution >= 4 is 121 Å². The highest BCUT2D eigenvalue weighted by Gasteiger charge is 2.30. The van der Waals surface area contributed by atoms with Gasteiger partial charge in [0.25, 0.3) is 0 Å². The Kier molecular flexibility index (Phi) is 12.4. The molecule has 93 heavy (non-hydrogen) atoms. The van der Waals surface area contributed by atoms with Crippen molar-refractivity contribution in [2.75, 3.05) is 9.80 Å². The molecule has 18 rings (SSSR count). The molecule has 0 aliphatic heterocycles. The summed E-state index contributed by atoms with van der Waals surface area (Å²) in [6.07, 6.45) is 0. The number of benzene rings is 14. The maximum atomic E-state index is 7.84. The van der Waals surface area contributed by atoms with E-state index < -0.39 is 0 Å². The second-order valence-corrected chi connectivity index (χ2v) is 25.5. The van der Waals surface area contributed by atoms with Crippen LogP contribution in [-0.2, 0) is 5.41 Å². The molecule has 0 aliphatic rings. The van der Waals surface area contributed by atoms with Crippen molar-refractivity contribution in [2.45, 2.75) is 26.2 Å². The molecule has 0 atom stereocenters. The molecular formula is C88H61N3O2. The molecule has 0 fully saturated rings. The minimum atomic E-state index is -0.00900. The Bertz CT molecular complexity index is 5810. The normalized spacial score (nSPS) is 12.0. The van der Waals surface area contributed by atoms with Crippen LogP contribution in [0.25, 0.3) is 137 Å². The maximum Gasteiger partial charge on any atom is 0.160 e. The van der Waals surface area contributed by atoms with Gasteiger partial charge >= 0.3 is 0 Å². The molecule has 5 heteroatoms. The molecule has 18 aromatic rings. The zero-order chi connectivity index (χ0) is 61.9. The third-order valence-corrected chi connectivity index (χ3v) is 19.1. The zero-order valence-corrected chi connectivity index (χ0v) is 51.7. The number of anilines is 6. The number of rotatable bonds is 11. The minimum absolute atomic E-state index is 0.00900. The Morgan fingerprint density at radius 3 is 1.14 bits per heavy atom. The SMILES string of the molecule is CC(C)(C)c1ccc(-c2ccc3c4ccc(N(c5ccccc5)c5ccc(-c6ccccc6)cc5)c5oc6c(-c7ccc(-c8ccc9c(c8)c8ccccc8n9-c8ccccc8)cc7)ccc(c7ccc(N(c8ccccc8)c8ccccc8)c8oc2c3c87)c6c54)cc1. The first-order valence-electron chi connectivity index (χ1n) is 32.1. The fourth-order valence-corrected chi connectivity index (χ4v) is 14.6. The van der Waals surface area contributed by atoms with Crippen LogP contribution in [0.5, 0.6) is 0 Å². The fraction of sp³-hybridized carbons (Fsp3) is 0.0455. The average molecular weight is 1190 g/mol. The van der Waals surface area contributed by atoms with Gasteiger partial charge in [-0.1, -0.05) is 233 Å². The molecule has 0 aliphatic carbocycles. The van der Waals surface area contributed by atoms with E-state index in [2.05, 4.69) is 351 Å². The zero-order valence-electron chi connectivity index (χ0n) is 51.7. The third-order valence-electron chi connectivity index (χ3n) is 19.1. The van der Waals surface area contributed by atoms with Crippen LogP contribution in [0.4, 0.5) is 34.1 Å². The van der Waals surface area contributed by atoms with Gasteiger partial charge < -0.3 is 23.2 Å². The summed E-state index contributed by atoms with van der Waals surface area (Å²) in [4.78, 5) is 4.69. The molecule has 0 radical (unpaired) electrons. The monoisotopic (exact) mass is 1190 g/mol. The van der Waals surface area contributed by atoms with Gasteiger partial charge in [0.05, 0.1) is 22.4 Å². The summed E-state index contributed by atoms with van der Waals surface area (Å²) in [5.41, 5.74) is 22.8. The van der Waals surface area contributed by atoms with Gasteiger partial charge in [0.15, 0.2) is 11.2 Å². The van der Waals surface area contributed by atoms with Gasteiger partial charge in [0, 0.05) is 71.9 Å². The summed E-state index contributed by atoms with van der Waals surface area (Å²) < 4.78 is 17.9. The van der Waals surface area contributed by atoms with Crippen molar-refractivity contribution in [3.05, 3.63) is 321 Å². The number of nitrogens with zero attached hydrogens (tertiary/aromatic N) is 3. The van der Waals surface area contributed by atoms with Crippen LogP contribution in [0, 0.1) is 0 Å². The Morgan fingerprint density at radius 1 is 0.269 bits per heavy atom. The molecule has 0 unspecified atom stereocenters. The first-order valence-corrected chi connectivity index (χ1v) is 32.1. The van der Waals surface area contributed by atoms with E-state index in [9.17, 15) is 0 Å². The topological polar surface area (TPSA) is 37.7 Å². The molecule has 3 heterocycles. The van der Waals surface area contributed by atoms with Crippen molar-refractivity contribution in [3.8, 4) is 50.2 Å². The quantitative estimate of drug-likeness (QED) is 0.129. The highest BCUT2D eigenvalue weighted by molar-refractivity contribution is 6.39. The maximum absolute atomic E-state index is 7.84. The van der Waals surface area contributed by atoms with Crippen LogP contribution >= 0.6 is 0 Å². The van der Waals surface area contributed by atoms with Crippen molar-refractivity contribution in [1.29, 1.82) is 0 Å². The molecule has 0 saturated carbocycles. The second kappa shape index (κ2) is 21.4. The molecule has 15 aromatic carbocycles. The Balaban J connectivity index is 0.911. The second-order valence-electron chi connectivity index (χ2n) is 25.5. The summed E-state index contributed by atoms with van der Waals surface area (Å²) in [6.45, 7) is 6.81. The van der Waals surface area contributed by atoms with E-state index in [1.807, 2.05) is 0 Å². The van der Waals surface area contributed by atoms with Crippen LogP contribution in [-0.4, -0.2) is 4.57 Å². The lowest BCUT2D eigenvalue weighted by molar-refractivity contribution is 0.590. The molecule has 0 bridgehead atoms. The van der Waals surface area contributed by atoms with Crippen molar-refractivity contribution in [1.82, 2.24) is 4.57 Å². The van der Waals surface area contributed by atoms with Gasteiger partial charge in [-0.15, -0.1) is 0 Å². The molecular weight excluding hydrogens is 1130 g/mol. The van der Waals surface area contributed by atoms with E-state index in [4.69, 9.17) is 8.83 Å². The Hall–Kier alpha value is -11.9. The van der Waals surface area contributed by atoms with E-state index in [1.165, 1.54) is 32.9 Å². The smallest absolute Gasteiger partial charge is 0.160 e. The molecule has 440 valence electrons. The van der Waals surface area contributed by atoms with Crippen LogP contribution in [0.15, 0.2) is 324 Å². The number of hydrogen-bond acceptors (Lipinski definition) is 4. The van der Waals surface area contributed by atoms with Crippen molar-refractivity contribution in [2.24, 2.45) is 0 Å². The lowest BCUT2D eigenvalue weighted by atomic mass is 9.86. The van der Waals surface area contributed by atoms with Crippen LogP contribution in [0.1, 0.15) is 26.3 Å². The number of furan rings is 2. The summed E-state index contributed by atoms with van der Waals surface area (Å²) in [6, 6.07) is 114. The van der Waals surface area contributed by atoms with E-state index in [0.717, 1.165) is 144 Å². The molecule has 0 amide bonds. The van der Waals surface area contributed by atoms with Gasteiger partial charge in [-0.05, 0) is 169 Å². The van der Waals surface area contributed by atoms with Gasteiger partial charge in [-0.2, -0.15) is 0 Å². The predicted octanol–water partition coefficient (Wildman–Crippen LogP) is 25.2. The number of hydrogen-bond donors (Lipinski definition) is 0. The van der Waals surface area contributed by atoms with Crippen molar-refractivity contribution < 1.29 is 8.83 Å². The van der Waals surface area contributed by atoms with Crippen LogP contribution < -0.4 is 9.80 Å². The lowest BCUT2D eigenvalue weighted by Gasteiger charge is -2.26. The summed E-state index contributed by atoms with van der Waals surface area (Å²) in [7, 11) is 0. The molecule has 5 nitrogen and oxygen atoms in total. The van der Waals surface area contributed by atoms with Crippen LogP contribution in [0.3, 0.4) is 0 Å². The standard InChI is InChI=1S/C88H61N3O2/c1-88(2,3)62-42-37-60(38-43-62)69-47-49-72-74-51-54-79(90(65-27-15-7-16-28-65)67-44-39-57(40-45-67)56-21-9-4-10-22-56)87-83(74)80-71(73-50-53-78(86-82(73)81(72)85(69)93-86)89(63-23-11-5-12-24-63)64-25-13-6-14-26-64)48-46-68(84(80)92-87)59-35-33-58(34-36-59)61-41-52-77-75(55-61)70-31-19-20-32-76(70)91(77)66-29-17-8-18-30-66/h4-55H,1-3H3.